The van der Waals surface area contributed by atoms with Crippen molar-refractivity contribution < 1.29 is 0 Å². The summed E-state index contributed by atoms with van der Waals surface area (Å²) in [6, 6.07) is 8.80. The topological polar surface area (TPSA) is 15.3 Å². The lowest BCUT2D eigenvalue weighted by Gasteiger charge is -2.23. The Morgan fingerprint density at radius 2 is 2.12 bits per heavy atom. The fourth-order valence-corrected chi connectivity index (χ4v) is 2.65. The molecule has 0 amide bonds. The van der Waals surface area contributed by atoms with Crippen molar-refractivity contribution in [3.8, 4) is 0 Å². The number of likely N-dealkylation sites (N-methyl/N-ethyl adjacent to an activating group) is 1. The van der Waals surface area contributed by atoms with E-state index in [9.17, 15) is 0 Å². The number of benzene rings is 1. The number of hydrogen-bond acceptors (Lipinski definition) is 2. The van der Waals surface area contributed by atoms with Gasteiger partial charge in [0.1, 0.15) is 0 Å². The molecule has 3 heteroatoms. The first kappa shape index (κ1) is 12.9. The lowest BCUT2D eigenvalue weighted by molar-refractivity contribution is 0.260. The van der Waals surface area contributed by atoms with E-state index in [0.29, 0.717) is 0 Å². The average Bonchev–Trinajstić information content (AvgIpc) is 2.79. The summed E-state index contributed by atoms with van der Waals surface area (Å²) >= 11 is 5.86. The fourth-order valence-electron chi connectivity index (χ4n) is 2.53. The first-order chi connectivity index (χ1) is 8.29. The van der Waals surface area contributed by atoms with Gasteiger partial charge in [-0.2, -0.15) is 0 Å². The van der Waals surface area contributed by atoms with Crippen LogP contribution in [0, 0.1) is 0 Å². The van der Waals surface area contributed by atoms with Gasteiger partial charge in [-0.3, -0.25) is 4.90 Å². The van der Waals surface area contributed by atoms with Crippen LogP contribution in [0.25, 0.3) is 0 Å². The zero-order chi connectivity index (χ0) is 12.1. The lowest BCUT2D eigenvalue weighted by atomic mass is 10.2. The summed E-state index contributed by atoms with van der Waals surface area (Å²) in [4.78, 5) is 2.56. The van der Waals surface area contributed by atoms with Crippen LogP contribution in [0.2, 0.25) is 5.02 Å². The van der Waals surface area contributed by atoms with Crippen LogP contribution in [0.15, 0.2) is 24.3 Å². The molecule has 0 aliphatic carbocycles. The monoisotopic (exact) mass is 252 g/mol. The fraction of sp³-hybridized carbons (Fsp3) is 0.571. The molecule has 1 saturated heterocycles. The zero-order valence-electron chi connectivity index (χ0n) is 10.5. The molecule has 2 rings (SSSR count). The van der Waals surface area contributed by atoms with Gasteiger partial charge in [0.15, 0.2) is 0 Å². The molecule has 0 bridgehead atoms. The van der Waals surface area contributed by atoms with E-state index in [1.807, 2.05) is 12.1 Å². The maximum atomic E-state index is 5.86. The van der Waals surface area contributed by atoms with Gasteiger partial charge in [0.2, 0.25) is 0 Å². The molecule has 1 aromatic carbocycles. The molecule has 94 valence electrons. The Labute approximate surface area is 109 Å². The van der Waals surface area contributed by atoms with Crippen LogP contribution in [0.4, 0.5) is 0 Å². The van der Waals surface area contributed by atoms with E-state index in [0.717, 1.165) is 24.2 Å². The highest BCUT2D eigenvalue weighted by molar-refractivity contribution is 6.30. The van der Waals surface area contributed by atoms with Gasteiger partial charge in [0.05, 0.1) is 0 Å². The molecule has 1 aliphatic heterocycles. The Hall–Kier alpha value is -0.570. The third kappa shape index (κ3) is 3.70. The molecular weight excluding hydrogens is 232 g/mol. The second kappa shape index (κ2) is 6.39. The van der Waals surface area contributed by atoms with Crippen molar-refractivity contribution in [2.75, 3.05) is 19.6 Å². The second-order valence-corrected chi connectivity index (χ2v) is 5.12. The van der Waals surface area contributed by atoms with E-state index in [-0.39, 0.29) is 0 Å². The highest BCUT2D eigenvalue weighted by atomic mass is 35.5. The summed E-state index contributed by atoms with van der Waals surface area (Å²) < 4.78 is 0. The summed E-state index contributed by atoms with van der Waals surface area (Å²) in [6.45, 7) is 6.72. The van der Waals surface area contributed by atoms with Crippen molar-refractivity contribution in [3.05, 3.63) is 34.9 Å². The maximum Gasteiger partial charge on any atom is 0.0406 e. The van der Waals surface area contributed by atoms with Crippen molar-refractivity contribution in [3.63, 3.8) is 0 Å². The molecule has 1 aromatic rings. The quantitative estimate of drug-likeness (QED) is 0.867. The summed E-state index contributed by atoms with van der Waals surface area (Å²) in [7, 11) is 0. The molecule has 0 saturated carbocycles. The van der Waals surface area contributed by atoms with Crippen LogP contribution in [-0.4, -0.2) is 30.6 Å². The van der Waals surface area contributed by atoms with Crippen LogP contribution in [0.3, 0.4) is 0 Å². The van der Waals surface area contributed by atoms with Crippen molar-refractivity contribution in [2.24, 2.45) is 0 Å². The van der Waals surface area contributed by atoms with Gasteiger partial charge in [0, 0.05) is 24.2 Å². The molecule has 1 N–H and O–H groups in total. The van der Waals surface area contributed by atoms with Gasteiger partial charge < -0.3 is 5.32 Å². The van der Waals surface area contributed by atoms with Crippen LogP contribution in [-0.2, 0) is 6.54 Å². The third-order valence-corrected chi connectivity index (χ3v) is 3.78. The van der Waals surface area contributed by atoms with Crippen LogP contribution < -0.4 is 5.32 Å². The standard InChI is InChI=1S/C14H21ClN2/c1-2-17-9-3-4-14(17)11-16-10-12-5-7-13(15)8-6-12/h5-8,14,16H,2-4,9-11H2,1H3/t14-/m0/s1. The van der Waals surface area contributed by atoms with Crippen LogP contribution >= 0.6 is 11.6 Å². The zero-order valence-corrected chi connectivity index (χ0v) is 11.2. The molecule has 2 nitrogen and oxygen atoms in total. The van der Waals surface area contributed by atoms with Gasteiger partial charge >= 0.3 is 0 Å². The van der Waals surface area contributed by atoms with Crippen molar-refractivity contribution in [1.82, 2.24) is 10.2 Å². The number of nitrogens with one attached hydrogen (secondary N) is 1. The Morgan fingerprint density at radius 1 is 1.35 bits per heavy atom. The van der Waals surface area contributed by atoms with E-state index < -0.39 is 0 Å². The van der Waals surface area contributed by atoms with Crippen LogP contribution in [0.1, 0.15) is 25.3 Å². The Bertz CT molecular complexity index is 337. The molecule has 1 heterocycles. The Morgan fingerprint density at radius 3 is 2.82 bits per heavy atom. The molecule has 0 radical (unpaired) electrons. The number of nitrogens with zero attached hydrogens (tertiary/aromatic N) is 1. The lowest BCUT2D eigenvalue weighted by Crippen LogP contribution is -2.37. The number of rotatable bonds is 5. The highest BCUT2D eigenvalue weighted by Crippen LogP contribution is 2.16. The van der Waals surface area contributed by atoms with Crippen LogP contribution in [0.5, 0.6) is 0 Å². The summed E-state index contributed by atoms with van der Waals surface area (Å²) in [5.41, 5.74) is 1.30. The Balaban J connectivity index is 1.74. The summed E-state index contributed by atoms with van der Waals surface area (Å²) in [5, 5.41) is 4.35. The normalized spacial score (nSPS) is 20.9. The van der Waals surface area contributed by atoms with E-state index >= 15 is 0 Å². The third-order valence-electron chi connectivity index (χ3n) is 3.53. The van der Waals surface area contributed by atoms with Gasteiger partial charge in [-0.25, -0.2) is 0 Å². The molecule has 1 atom stereocenters. The predicted octanol–water partition coefficient (Wildman–Crippen LogP) is 2.91. The first-order valence-electron chi connectivity index (χ1n) is 6.49. The van der Waals surface area contributed by atoms with Crippen molar-refractivity contribution >= 4 is 11.6 Å². The first-order valence-corrected chi connectivity index (χ1v) is 6.86. The van der Waals surface area contributed by atoms with E-state index in [1.165, 1.54) is 31.5 Å². The second-order valence-electron chi connectivity index (χ2n) is 4.68. The SMILES string of the molecule is CCN1CCC[C@H]1CNCc1ccc(Cl)cc1. The van der Waals surface area contributed by atoms with Gasteiger partial charge in [-0.1, -0.05) is 30.7 Å². The Kier molecular flexibility index (Phi) is 4.84. The van der Waals surface area contributed by atoms with E-state index in [4.69, 9.17) is 11.6 Å². The van der Waals surface area contributed by atoms with E-state index in [1.54, 1.807) is 0 Å². The maximum absolute atomic E-state index is 5.86. The van der Waals surface area contributed by atoms with E-state index in [2.05, 4.69) is 29.3 Å². The number of hydrogen-bond donors (Lipinski definition) is 1. The molecule has 0 unspecified atom stereocenters. The predicted molar refractivity (Wildman–Crippen MR) is 73.4 cm³/mol. The van der Waals surface area contributed by atoms with Gasteiger partial charge in [0.25, 0.3) is 0 Å². The molecule has 1 aliphatic rings. The summed E-state index contributed by atoms with van der Waals surface area (Å²) in [5.74, 6) is 0. The molecule has 1 fully saturated rings. The molecule has 17 heavy (non-hydrogen) atoms. The highest BCUT2D eigenvalue weighted by Gasteiger charge is 2.21. The minimum absolute atomic E-state index is 0.729. The van der Waals surface area contributed by atoms with Crippen molar-refractivity contribution in [2.45, 2.75) is 32.4 Å². The van der Waals surface area contributed by atoms with Crippen molar-refractivity contribution in [1.29, 1.82) is 0 Å². The van der Waals surface area contributed by atoms with Gasteiger partial charge in [-0.15, -0.1) is 0 Å². The molecule has 0 aromatic heterocycles. The minimum Gasteiger partial charge on any atom is -0.311 e. The number of likely N-dealkylation sites (tertiary alicyclic amines) is 1. The largest absolute Gasteiger partial charge is 0.311 e. The average molecular weight is 253 g/mol. The molecular formula is C14H21ClN2. The smallest absolute Gasteiger partial charge is 0.0406 e. The molecule has 0 spiro atoms. The van der Waals surface area contributed by atoms with Gasteiger partial charge in [-0.05, 0) is 43.6 Å². The summed E-state index contributed by atoms with van der Waals surface area (Å²) in [6.07, 6.45) is 2.68. The number of halogens is 1. The minimum atomic E-state index is 0.729.